The highest BCUT2D eigenvalue weighted by Crippen LogP contribution is 2.26. The van der Waals surface area contributed by atoms with E-state index in [-0.39, 0.29) is 23.3 Å². The van der Waals surface area contributed by atoms with Crippen molar-refractivity contribution in [1.29, 1.82) is 0 Å². The number of carbonyl (C=O) groups is 2. The number of esters is 1. The zero-order valence-electron chi connectivity index (χ0n) is 19.3. The molecule has 0 aliphatic heterocycles. The molecule has 0 atom stereocenters. The first kappa shape index (κ1) is 26.6. The third-order valence-electron chi connectivity index (χ3n) is 4.75. The summed E-state index contributed by atoms with van der Waals surface area (Å²) in [6.07, 6.45) is 0. The average Bonchev–Trinajstić information content (AvgIpc) is 3.41. The molecule has 0 saturated carbocycles. The first-order valence-corrected chi connectivity index (χ1v) is 13.9. The topological polar surface area (TPSA) is 102 Å². The second-order valence-corrected chi connectivity index (χ2v) is 11.7. The van der Waals surface area contributed by atoms with E-state index in [9.17, 15) is 18.0 Å². The number of carbonyl (C=O) groups excluding carboxylic acids is 2. The lowest BCUT2D eigenvalue weighted by Crippen LogP contribution is -2.31. The first-order valence-electron chi connectivity index (χ1n) is 10.6. The highest BCUT2D eigenvalue weighted by atomic mass is 32.2. The summed E-state index contributed by atoms with van der Waals surface area (Å²) in [7, 11) is -2.16. The van der Waals surface area contributed by atoms with E-state index in [0.717, 1.165) is 16.2 Å². The summed E-state index contributed by atoms with van der Waals surface area (Å²) in [5, 5.41) is 4.40. The fourth-order valence-electron chi connectivity index (χ4n) is 2.81. The van der Waals surface area contributed by atoms with Gasteiger partial charge in [0.05, 0.1) is 5.69 Å². The van der Waals surface area contributed by atoms with Crippen molar-refractivity contribution < 1.29 is 27.5 Å². The molecule has 3 rings (SSSR count). The van der Waals surface area contributed by atoms with Crippen molar-refractivity contribution in [2.45, 2.75) is 16.0 Å². The predicted octanol–water partition coefficient (Wildman–Crippen LogP) is 3.71. The molecule has 8 nitrogen and oxygen atoms in total. The maximum absolute atomic E-state index is 12.6. The molecular weight excluding hydrogens is 508 g/mol. The Morgan fingerprint density at radius 1 is 1.03 bits per heavy atom. The molecule has 0 fully saturated rings. The smallest absolute Gasteiger partial charge is 0.344 e. The van der Waals surface area contributed by atoms with Gasteiger partial charge in [-0.1, -0.05) is 23.8 Å². The Kier molecular flexibility index (Phi) is 9.58. The molecule has 1 aromatic heterocycles. The Balaban J connectivity index is 1.35. The molecule has 0 spiro atoms. The molecule has 0 saturated heterocycles. The average molecular weight is 535 g/mol. The van der Waals surface area contributed by atoms with Crippen LogP contribution in [0.3, 0.4) is 0 Å². The van der Waals surface area contributed by atoms with Gasteiger partial charge in [0, 0.05) is 24.2 Å². The molecule has 0 aliphatic rings. The third kappa shape index (κ3) is 8.01. The van der Waals surface area contributed by atoms with Gasteiger partial charge in [-0.25, -0.2) is 13.2 Å². The Bertz CT molecular complexity index is 1210. The van der Waals surface area contributed by atoms with Crippen LogP contribution in [0, 0.1) is 6.92 Å². The quantitative estimate of drug-likeness (QED) is 0.215. The zero-order chi connectivity index (χ0) is 25.3. The lowest BCUT2D eigenvalue weighted by atomic mass is 10.2. The number of nitrogens with one attached hydrogen (secondary N) is 1. The van der Waals surface area contributed by atoms with Crippen molar-refractivity contribution in [3.05, 3.63) is 71.6 Å². The number of sulfonamides is 1. The molecule has 0 bridgehead atoms. The van der Waals surface area contributed by atoms with Gasteiger partial charge in [-0.05, 0) is 54.8 Å². The molecular formula is C24H26N2O6S3. The maximum Gasteiger partial charge on any atom is 0.344 e. The molecule has 186 valence electrons. The highest BCUT2D eigenvalue weighted by Gasteiger charge is 2.22. The third-order valence-corrected chi connectivity index (χ3v) is 8.92. The minimum absolute atomic E-state index is 0.247. The Morgan fingerprint density at radius 3 is 2.40 bits per heavy atom. The molecule has 1 amide bonds. The minimum atomic E-state index is -3.63. The fraction of sp³-hybridized carbons (Fsp3) is 0.250. The number of ether oxygens (including phenoxy) is 2. The van der Waals surface area contributed by atoms with Crippen LogP contribution >= 0.6 is 23.1 Å². The van der Waals surface area contributed by atoms with Crippen molar-refractivity contribution >= 4 is 50.7 Å². The van der Waals surface area contributed by atoms with Crippen LogP contribution in [-0.2, 0) is 24.3 Å². The van der Waals surface area contributed by atoms with E-state index in [2.05, 4.69) is 5.32 Å². The minimum Gasteiger partial charge on any atom is -0.482 e. The van der Waals surface area contributed by atoms with Gasteiger partial charge in [0.2, 0.25) is 0 Å². The molecule has 0 radical (unpaired) electrons. The summed E-state index contributed by atoms with van der Waals surface area (Å²) in [4.78, 5) is 24.9. The Morgan fingerprint density at radius 2 is 1.74 bits per heavy atom. The monoisotopic (exact) mass is 534 g/mol. The number of nitrogens with zero attached hydrogens (tertiary/aromatic N) is 1. The number of hydrogen-bond donors (Lipinski definition) is 1. The van der Waals surface area contributed by atoms with Crippen LogP contribution in [0.5, 0.6) is 5.75 Å². The summed E-state index contributed by atoms with van der Waals surface area (Å²) >= 11 is 2.77. The standard InChI is InChI=1S/C24H26N2O6S3/c1-18-5-11-21(12-6-18)33-15-13-25-22(27)16-32-23(28)17-31-20-9-7-19(8-10-20)26(2)35(29,30)24-4-3-14-34-24/h3-12,14H,13,15-17H2,1-2H3,(H,25,27). The van der Waals surface area contributed by atoms with Gasteiger partial charge < -0.3 is 14.8 Å². The van der Waals surface area contributed by atoms with Crippen LogP contribution in [0.1, 0.15) is 5.56 Å². The van der Waals surface area contributed by atoms with Gasteiger partial charge in [0.25, 0.3) is 15.9 Å². The zero-order valence-corrected chi connectivity index (χ0v) is 21.8. The molecule has 1 N–H and O–H groups in total. The highest BCUT2D eigenvalue weighted by molar-refractivity contribution is 7.99. The summed E-state index contributed by atoms with van der Waals surface area (Å²) in [5.41, 5.74) is 1.64. The Labute approximate surface area is 213 Å². The predicted molar refractivity (Wildman–Crippen MR) is 138 cm³/mol. The van der Waals surface area contributed by atoms with E-state index >= 15 is 0 Å². The van der Waals surface area contributed by atoms with Crippen molar-refractivity contribution in [2.24, 2.45) is 0 Å². The number of anilines is 1. The second-order valence-electron chi connectivity index (χ2n) is 7.36. The summed E-state index contributed by atoms with van der Waals surface area (Å²) in [6, 6.07) is 17.6. The molecule has 1 heterocycles. The number of aryl methyl sites for hydroxylation is 1. The summed E-state index contributed by atoms with van der Waals surface area (Å²) in [5.74, 6) is -0.00544. The molecule has 0 aliphatic carbocycles. The van der Waals surface area contributed by atoms with Crippen LogP contribution < -0.4 is 14.4 Å². The van der Waals surface area contributed by atoms with E-state index in [4.69, 9.17) is 9.47 Å². The fourth-order valence-corrected chi connectivity index (χ4v) is 5.94. The molecule has 0 unspecified atom stereocenters. The van der Waals surface area contributed by atoms with E-state index in [1.165, 1.54) is 16.9 Å². The van der Waals surface area contributed by atoms with E-state index in [1.807, 2.05) is 31.2 Å². The van der Waals surface area contributed by atoms with E-state index in [0.29, 0.717) is 23.7 Å². The normalized spacial score (nSPS) is 11.0. The molecule has 11 heteroatoms. The summed E-state index contributed by atoms with van der Waals surface area (Å²) < 4.78 is 36.9. The van der Waals surface area contributed by atoms with Gasteiger partial charge in [-0.15, -0.1) is 23.1 Å². The van der Waals surface area contributed by atoms with E-state index in [1.54, 1.807) is 53.5 Å². The number of benzene rings is 2. The number of thioether (sulfide) groups is 1. The van der Waals surface area contributed by atoms with Crippen molar-refractivity contribution in [3.8, 4) is 5.75 Å². The lowest BCUT2D eigenvalue weighted by molar-refractivity contribution is -0.150. The number of rotatable bonds is 12. The van der Waals surface area contributed by atoms with Gasteiger partial charge in [-0.2, -0.15) is 0 Å². The van der Waals surface area contributed by atoms with E-state index < -0.39 is 16.0 Å². The van der Waals surface area contributed by atoms with Crippen LogP contribution in [0.15, 0.2) is 75.1 Å². The molecule has 2 aromatic carbocycles. The van der Waals surface area contributed by atoms with Gasteiger partial charge in [0.1, 0.15) is 9.96 Å². The van der Waals surface area contributed by atoms with Crippen molar-refractivity contribution in [3.63, 3.8) is 0 Å². The maximum atomic E-state index is 12.6. The Hall–Kier alpha value is -3.02. The largest absolute Gasteiger partial charge is 0.482 e. The van der Waals surface area contributed by atoms with Crippen molar-refractivity contribution in [2.75, 3.05) is 36.9 Å². The van der Waals surface area contributed by atoms with Crippen LogP contribution in [0.2, 0.25) is 0 Å². The SMILES string of the molecule is Cc1ccc(SCCNC(=O)COC(=O)COc2ccc(N(C)S(=O)(=O)c3cccs3)cc2)cc1. The first-order chi connectivity index (χ1) is 16.8. The van der Waals surface area contributed by atoms with Crippen LogP contribution in [0.4, 0.5) is 5.69 Å². The van der Waals surface area contributed by atoms with Crippen LogP contribution in [-0.4, -0.2) is 52.9 Å². The van der Waals surface area contributed by atoms with Gasteiger partial charge in [-0.3, -0.25) is 9.10 Å². The number of hydrogen-bond acceptors (Lipinski definition) is 8. The van der Waals surface area contributed by atoms with Crippen molar-refractivity contribution in [1.82, 2.24) is 5.32 Å². The summed E-state index contributed by atoms with van der Waals surface area (Å²) in [6.45, 7) is 1.72. The van der Waals surface area contributed by atoms with Gasteiger partial charge in [0.15, 0.2) is 13.2 Å². The van der Waals surface area contributed by atoms with Gasteiger partial charge >= 0.3 is 5.97 Å². The number of thiophene rings is 1. The molecule has 3 aromatic rings. The molecule has 35 heavy (non-hydrogen) atoms. The second kappa shape index (κ2) is 12.6. The van der Waals surface area contributed by atoms with Crippen LogP contribution in [0.25, 0.3) is 0 Å². The number of amides is 1. The lowest BCUT2D eigenvalue weighted by Gasteiger charge is -2.18.